The summed E-state index contributed by atoms with van der Waals surface area (Å²) in [5.41, 5.74) is 2.75. The second kappa shape index (κ2) is 7.87. The Hall–Kier alpha value is -1.48. The topological polar surface area (TPSA) is 34.0 Å². The number of carbonyl (C=O) groups is 1. The molecule has 4 heteroatoms. The number of allylic oxidation sites excluding steroid dienone is 4. The number of amides is 1. The third kappa shape index (κ3) is 4.74. The van der Waals surface area contributed by atoms with Crippen molar-refractivity contribution in [3.63, 3.8) is 0 Å². The summed E-state index contributed by atoms with van der Waals surface area (Å²) in [5.74, 6) is 0.829. The first kappa shape index (κ1) is 17.9. The summed E-state index contributed by atoms with van der Waals surface area (Å²) in [6, 6.07) is 2.21. The first-order valence-corrected chi connectivity index (χ1v) is 8.76. The third-order valence-corrected chi connectivity index (χ3v) is 4.80. The first-order valence-electron chi connectivity index (χ1n) is 8.38. The zero-order valence-corrected chi connectivity index (χ0v) is 15.3. The van der Waals surface area contributed by atoms with Crippen LogP contribution in [0.3, 0.4) is 0 Å². The number of nitrogens with zero attached hydrogens (tertiary/aromatic N) is 1. The minimum Gasteiger partial charge on any atom is -0.349 e. The van der Waals surface area contributed by atoms with Gasteiger partial charge in [0.05, 0.1) is 5.56 Å². The summed E-state index contributed by atoms with van der Waals surface area (Å²) >= 11 is 5.87. The minimum atomic E-state index is 0.0395. The summed E-state index contributed by atoms with van der Waals surface area (Å²) in [5, 5.41) is 3.93. The Morgan fingerprint density at radius 2 is 1.91 bits per heavy atom. The Balaban J connectivity index is 2.08. The predicted molar refractivity (Wildman–Crippen MR) is 97.6 cm³/mol. The van der Waals surface area contributed by atoms with Gasteiger partial charge in [-0.15, -0.1) is 0 Å². The van der Waals surface area contributed by atoms with Crippen LogP contribution < -0.4 is 5.32 Å². The van der Waals surface area contributed by atoms with E-state index in [1.165, 1.54) is 12.8 Å². The number of carbonyl (C=O) groups excluding carboxylic acids is 1. The van der Waals surface area contributed by atoms with Gasteiger partial charge in [0.1, 0.15) is 0 Å². The van der Waals surface area contributed by atoms with Crippen molar-refractivity contribution in [3.8, 4) is 0 Å². The molecule has 1 aromatic heterocycles. The fourth-order valence-corrected chi connectivity index (χ4v) is 3.18. The van der Waals surface area contributed by atoms with E-state index in [1.807, 2.05) is 49.8 Å². The van der Waals surface area contributed by atoms with Gasteiger partial charge in [0, 0.05) is 28.7 Å². The van der Waals surface area contributed by atoms with Crippen LogP contribution in [0, 0.1) is 12.8 Å². The van der Waals surface area contributed by atoms with Crippen LogP contribution in [0.2, 0.25) is 0 Å². The molecule has 0 unspecified atom stereocenters. The van der Waals surface area contributed by atoms with Gasteiger partial charge in [0.2, 0.25) is 0 Å². The molecule has 1 saturated carbocycles. The number of hydrogen-bond donors (Lipinski definition) is 1. The Morgan fingerprint density at radius 3 is 2.52 bits per heavy atom. The molecule has 3 nitrogen and oxygen atoms in total. The normalized spacial score (nSPS) is 23.0. The van der Waals surface area contributed by atoms with Crippen molar-refractivity contribution in [1.29, 1.82) is 0 Å². The molecule has 0 spiro atoms. The summed E-state index contributed by atoms with van der Waals surface area (Å²) < 4.78 is 2.02. The summed E-state index contributed by atoms with van der Waals surface area (Å²) in [7, 11) is 0. The molecule has 1 amide bonds. The number of aromatic nitrogens is 1. The van der Waals surface area contributed by atoms with Crippen molar-refractivity contribution in [2.45, 2.75) is 59.4 Å². The van der Waals surface area contributed by atoms with Crippen molar-refractivity contribution in [3.05, 3.63) is 40.7 Å². The maximum Gasteiger partial charge on any atom is 0.253 e. The maximum absolute atomic E-state index is 12.5. The van der Waals surface area contributed by atoms with E-state index >= 15 is 0 Å². The largest absolute Gasteiger partial charge is 0.349 e. The molecule has 1 heterocycles. The molecule has 1 aliphatic carbocycles. The van der Waals surface area contributed by atoms with E-state index < -0.39 is 0 Å². The zero-order valence-electron chi connectivity index (χ0n) is 14.5. The molecule has 126 valence electrons. The van der Waals surface area contributed by atoms with E-state index in [4.69, 9.17) is 11.6 Å². The van der Waals surface area contributed by atoms with Crippen LogP contribution in [0.4, 0.5) is 0 Å². The smallest absolute Gasteiger partial charge is 0.253 e. The summed E-state index contributed by atoms with van der Waals surface area (Å²) in [4.78, 5) is 12.5. The highest BCUT2D eigenvalue weighted by Crippen LogP contribution is 2.24. The molecule has 0 aromatic carbocycles. The summed E-state index contributed by atoms with van der Waals surface area (Å²) in [6.45, 7) is 8.12. The van der Waals surface area contributed by atoms with Crippen molar-refractivity contribution < 1.29 is 4.79 Å². The molecule has 0 bridgehead atoms. The van der Waals surface area contributed by atoms with Crippen LogP contribution in [0.15, 0.2) is 29.4 Å². The molecule has 1 aromatic rings. The number of hydrogen-bond acceptors (Lipinski definition) is 1. The fourth-order valence-electron chi connectivity index (χ4n) is 3.12. The van der Waals surface area contributed by atoms with Crippen molar-refractivity contribution in [2.24, 2.45) is 5.92 Å². The molecule has 0 atom stereocenters. The average molecular weight is 335 g/mol. The van der Waals surface area contributed by atoms with Gasteiger partial charge in [0.15, 0.2) is 0 Å². The van der Waals surface area contributed by atoms with Crippen LogP contribution in [0.5, 0.6) is 0 Å². The van der Waals surface area contributed by atoms with E-state index in [0.717, 1.165) is 40.7 Å². The molecular weight excluding hydrogens is 308 g/mol. The number of rotatable bonds is 4. The van der Waals surface area contributed by atoms with Crippen LogP contribution in [0.25, 0.3) is 5.70 Å². The lowest BCUT2D eigenvalue weighted by molar-refractivity contribution is 0.0922. The van der Waals surface area contributed by atoms with E-state index in [-0.39, 0.29) is 5.91 Å². The van der Waals surface area contributed by atoms with Gasteiger partial charge in [-0.05, 0) is 70.6 Å². The monoisotopic (exact) mass is 334 g/mol. The standard InChI is InChI=1S/C19H27ClN2O/c1-13-5-9-17(10-6-13)21-19(23)18-11-12-22(16(18)4)15(3)8-7-14(2)20/h7-8,11-13,17H,5-6,9-10H2,1-4H3,(H,21,23). The lowest BCUT2D eigenvalue weighted by Gasteiger charge is -2.26. The Labute approximate surface area is 144 Å². The molecular formula is C19H27ClN2O. The molecule has 1 aliphatic rings. The predicted octanol–water partition coefficient (Wildman–Crippen LogP) is 5.11. The minimum absolute atomic E-state index is 0.0395. The van der Waals surface area contributed by atoms with E-state index in [2.05, 4.69) is 12.2 Å². The van der Waals surface area contributed by atoms with Crippen molar-refractivity contribution in [1.82, 2.24) is 9.88 Å². The Morgan fingerprint density at radius 1 is 1.26 bits per heavy atom. The molecule has 0 saturated heterocycles. The molecule has 0 radical (unpaired) electrons. The molecule has 1 fully saturated rings. The SMILES string of the molecule is CC(Cl)=CC=C(C)n1ccc(C(=O)NC2CCC(C)CC2)c1C. The molecule has 2 rings (SSSR count). The third-order valence-electron chi connectivity index (χ3n) is 4.67. The second-order valence-electron chi connectivity index (χ2n) is 6.68. The highest BCUT2D eigenvalue weighted by Gasteiger charge is 2.21. The molecule has 23 heavy (non-hydrogen) atoms. The highest BCUT2D eigenvalue weighted by atomic mass is 35.5. The van der Waals surface area contributed by atoms with Gasteiger partial charge in [-0.1, -0.05) is 18.5 Å². The average Bonchev–Trinajstić information content (AvgIpc) is 2.89. The van der Waals surface area contributed by atoms with Crippen LogP contribution >= 0.6 is 11.6 Å². The van der Waals surface area contributed by atoms with Crippen LogP contribution in [-0.2, 0) is 0 Å². The van der Waals surface area contributed by atoms with Gasteiger partial charge in [-0.2, -0.15) is 0 Å². The molecule has 1 N–H and O–H groups in total. The molecule has 0 aliphatic heterocycles. The van der Waals surface area contributed by atoms with E-state index in [1.54, 1.807) is 0 Å². The van der Waals surface area contributed by atoms with Crippen LogP contribution in [0.1, 0.15) is 62.5 Å². The van der Waals surface area contributed by atoms with E-state index in [0.29, 0.717) is 6.04 Å². The highest BCUT2D eigenvalue weighted by molar-refractivity contribution is 6.29. The van der Waals surface area contributed by atoms with Gasteiger partial charge >= 0.3 is 0 Å². The fraction of sp³-hybridized carbons (Fsp3) is 0.526. The van der Waals surface area contributed by atoms with Gasteiger partial charge < -0.3 is 9.88 Å². The second-order valence-corrected chi connectivity index (χ2v) is 7.27. The zero-order chi connectivity index (χ0) is 17.0. The van der Waals surface area contributed by atoms with E-state index in [9.17, 15) is 4.79 Å². The van der Waals surface area contributed by atoms with Crippen molar-refractivity contribution >= 4 is 23.2 Å². The van der Waals surface area contributed by atoms with Gasteiger partial charge in [0.25, 0.3) is 5.91 Å². The first-order chi connectivity index (χ1) is 10.9. The van der Waals surface area contributed by atoms with Gasteiger partial charge in [-0.3, -0.25) is 4.79 Å². The maximum atomic E-state index is 12.5. The van der Waals surface area contributed by atoms with Crippen LogP contribution in [-0.4, -0.2) is 16.5 Å². The Bertz CT molecular complexity index is 615. The number of nitrogens with one attached hydrogen (secondary N) is 1. The lowest BCUT2D eigenvalue weighted by Crippen LogP contribution is -2.37. The lowest BCUT2D eigenvalue weighted by atomic mass is 9.87. The summed E-state index contributed by atoms with van der Waals surface area (Å²) in [6.07, 6.45) is 10.3. The van der Waals surface area contributed by atoms with Gasteiger partial charge in [-0.25, -0.2) is 0 Å². The van der Waals surface area contributed by atoms with Crippen molar-refractivity contribution in [2.75, 3.05) is 0 Å². The Kier molecular flexibility index (Phi) is 6.11. The number of halogens is 1. The quantitative estimate of drug-likeness (QED) is 0.763.